The predicted octanol–water partition coefficient (Wildman–Crippen LogP) is 2.81. The lowest BCUT2D eigenvalue weighted by Crippen LogP contribution is -2.42. The quantitative estimate of drug-likeness (QED) is 0.734. The van der Waals surface area contributed by atoms with E-state index in [2.05, 4.69) is 18.8 Å². The molecule has 0 radical (unpaired) electrons. The lowest BCUT2D eigenvalue weighted by atomic mass is 9.78. The number of hydrogen-bond acceptors (Lipinski definition) is 5. The third-order valence-corrected chi connectivity index (χ3v) is 5.23. The van der Waals surface area contributed by atoms with Gasteiger partial charge in [0, 0.05) is 16.7 Å². The fourth-order valence-electron chi connectivity index (χ4n) is 3.88. The number of fused-ring (bicyclic) bond motifs is 4. The Morgan fingerprint density at radius 2 is 1.81 bits per heavy atom. The van der Waals surface area contributed by atoms with Gasteiger partial charge in [-0.05, 0) is 25.1 Å². The van der Waals surface area contributed by atoms with Gasteiger partial charge >= 0.3 is 0 Å². The SMILES string of the molecule is CC1(C#Cc2cccc3c2C2(COCC(N)=N2)c2ccccc2O3)COC1. The van der Waals surface area contributed by atoms with Crippen molar-refractivity contribution in [3.05, 3.63) is 59.2 Å². The van der Waals surface area contributed by atoms with E-state index < -0.39 is 5.54 Å². The maximum absolute atomic E-state index is 6.20. The van der Waals surface area contributed by atoms with Crippen LogP contribution in [0.3, 0.4) is 0 Å². The van der Waals surface area contributed by atoms with Crippen LogP contribution in [-0.2, 0) is 15.0 Å². The number of hydrogen-bond donors (Lipinski definition) is 1. The van der Waals surface area contributed by atoms with Crippen LogP contribution >= 0.6 is 0 Å². The first-order valence-electron chi connectivity index (χ1n) is 9.03. The summed E-state index contributed by atoms with van der Waals surface area (Å²) in [5.41, 5.74) is 8.02. The van der Waals surface area contributed by atoms with Crippen LogP contribution in [-0.4, -0.2) is 32.3 Å². The van der Waals surface area contributed by atoms with Gasteiger partial charge in [-0.25, -0.2) is 0 Å². The van der Waals surface area contributed by atoms with Crippen LogP contribution in [0.4, 0.5) is 0 Å². The average molecular weight is 360 g/mol. The number of benzene rings is 2. The van der Waals surface area contributed by atoms with Gasteiger partial charge in [0.05, 0.1) is 25.2 Å². The van der Waals surface area contributed by atoms with Crippen LogP contribution in [0.15, 0.2) is 47.5 Å². The molecular weight excluding hydrogens is 340 g/mol. The Bertz CT molecular complexity index is 1010. The summed E-state index contributed by atoms with van der Waals surface area (Å²) in [4.78, 5) is 4.89. The molecule has 0 bridgehead atoms. The van der Waals surface area contributed by atoms with E-state index in [0.29, 0.717) is 32.3 Å². The van der Waals surface area contributed by atoms with Gasteiger partial charge in [0.2, 0.25) is 0 Å². The highest BCUT2D eigenvalue weighted by atomic mass is 16.5. The minimum atomic E-state index is -0.741. The predicted molar refractivity (Wildman–Crippen MR) is 102 cm³/mol. The Balaban J connectivity index is 1.74. The molecule has 5 nitrogen and oxygen atoms in total. The van der Waals surface area contributed by atoms with Crippen LogP contribution in [0, 0.1) is 17.3 Å². The zero-order valence-electron chi connectivity index (χ0n) is 15.1. The molecule has 1 spiro atoms. The number of nitrogens with zero attached hydrogens (tertiary/aromatic N) is 1. The zero-order valence-corrected chi connectivity index (χ0v) is 15.1. The third-order valence-electron chi connectivity index (χ3n) is 5.23. The van der Waals surface area contributed by atoms with Gasteiger partial charge in [-0.3, -0.25) is 4.99 Å². The van der Waals surface area contributed by atoms with Gasteiger partial charge in [0.1, 0.15) is 29.5 Å². The largest absolute Gasteiger partial charge is 0.457 e. The summed E-state index contributed by atoms with van der Waals surface area (Å²) in [6.45, 7) is 4.17. The standard InChI is InChI=1S/C22H20N2O3/c1-21(12-26-13-21)10-9-15-5-4-8-18-20(15)22(14-25-11-19(23)24-22)16-6-2-3-7-17(16)27-18/h2-8H,11-14H2,1H3,(H2,23,24). The second-order valence-corrected chi connectivity index (χ2v) is 7.54. The molecule has 27 heavy (non-hydrogen) atoms. The fourth-order valence-corrected chi connectivity index (χ4v) is 3.88. The van der Waals surface area contributed by atoms with Crippen molar-refractivity contribution in [2.45, 2.75) is 12.5 Å². The summed E-state index contributed by atoms with van der Waals surface area (Å²) >= 11 is 0. The summed E-state index contributed by atoms with van der Waals surface area (Å²) in [7, 11) is 0. The van der Waals surface area contributed by atoms with E-state index in [1.165, 1.54) is 0 Å². The molecule has 3 heterocycles. The van der Waals surface area contributed by atoms with Crippen LogP contribution < -0.4 is 10.5 Å². The van der Waals surface area contributed by atoms with Crippen molar-refractivity contribution in [3.63, 3.8) is 0 Å². The molecule has 1 saturated heterocycles. The summed E-state index contributed by atoms with van der Waals surface area (Å²) in [5, 5.41) is 0. The van der Waals surface area contributed by atoms with E-state index in [0.717, 1.165) is 28.2 Å². The molecule has 3 aliphatic rings. The highest BCUT2D eigenvalue weighted by Gasteiger charge is 2.46. The van der Waals surface area contributed by atoms with Crippen LogP contribution in [0.1, 0.15) is 23.6 Å². The number of ether oxygens (including phenoxy) is 3. The van der Waals surface area contributed by atoms with Gasteiger partial charge in [-0.1, -0.05) is 36.1 Å². The van der Waals surface area contributed by atoms with Crippen LogP contribution in [0.2, 0.25) is 0 Å². The Morgan fingerprint density at radius 3 is 2.59 bits per heavy atom. The van der Waals surface area contributed by atoms with E-state index in [1.807, 2.05) is 42.5 Å². The number of amidine groups is 1. The maximum atomic E-state index is 6.20. The summed E-state index contributed by atoms with van der Waals surface area (Å²) in [6, 6.07) is 13.8. The van der Waals surface area contributed by atoms with Crippen molar-refractivity contribution < 1.29 is 14.2 Å². The number of nitrogens with two attached hydrogens (primary N) is 1. The van der Waals surface area contributed by atoms with Crippen molar-refractivity contribution in [2.24, 2.45) is 16.1 Å². The van der Waals surface area contributed by atoms with Gasteiger partial charge in [-0.15, -0.1) is 0 Å². The number of aliphatic imine (C=N–C) groups is 1. The second kappa shape index (κ2) is 5.85. The van der Waals surface area contributed by atoms with E-state index in [4.69, 9.17) is 24.9 Å². The molecule has 0 aliphatic carbocycles. The molecular formula is C22H20N2O3. The van der Waals surface area contributed by atoms with Crippen molar-refractivity contribution in [2.75, 3.05) is 26.4 Å². The van der Waals surface area contributed by atoms with E-state index in [1.54, 1.807) is 0 Å². The fraction of sp³-hybridized carbons (Fsp3) is 0.318. The smallest absolute Gasteiger partial charge is 0.144 e. The Morgan fingerprint density at radius 1 is 1.00 bits per heavy atom. The van der Waals surface area contributed by atoms with Crippen molar-refractivity contribution in [1.82, 2.24) is 0 Å². The van der Waals surface area contributed by atoms with Gasteiger partial charge in [0.25, 0.3) is 0 Å². The molecule has 0 amide bonds. The van der Waals surface area contributed by atoms with Crippen LogP contribution in [0.25, 0.3) is 0 Å². The molecule has 1 unspecified atom stereocenters. The average Bonchev–Trinajstić information content (AvgIpc) is 2.65. The van der Waals surface area contributed by atoms with E-state index in [-0.39, 0.29) is 5.41 Å². The maximum Gasteiger partial charge on any atom is 0.144 e. The number of rotatable bonds is 0. The molecule has 5 heteroatoms. The normalized spacial score (nSPS) is 24.4. The Hall–Kier alpha value is -2.81. The van der Waals surface area contributed by atoms with Crippen molar-refractivity contribution in [3.8, 4) is 23.3 Å². The first-order valence-corrected chi connectivity index (χ1v) is 9.03. The van der Waals surface area contributed by atoms with Gasteiger partial charge in [0.15, 0.2) is 0 Å². The summed E-state index contributed by atoms with van der Waals surface area (Å²) < 4.78 is 17.4. The molecule has 1 atom stereocenters. The minimum Gasteiger partial charge on any atom is -0.457 e. The minimum absolute atomic E-state index is 0.103. The molecule has 5 rings (SSSR count). The van der Waals surface area contributed by atoms with Crippen molar-refractivity contribution in [1.29, 1.82) is 0 Å². The molecule has 2 N–H and O–H groups in total. The Labute approximate surface area is 158 Å². The van der Waals surface area contributed by atoms with Gasteiger partial charge in [-0.2, -0.15) is 0 Å². The Kier molecular flexibility index (Phi) is 3.55. The van der Waals surface area contributed by atoms with E-state index >= 15 is 0 Å². The molecule has 3 aliphatic heterocycles. The highest BCUT2D eigenvalue weighted by molar-refractivity contribution is 5.84. The topological polar surface area (TPSA) is 66.1 Å². The lowest BCUT2D eigenvalue weighted by molar-refractivity contribution is -0.0648. The third kappa shape index (κ3) is 2.53. The zero-order chi connectivity index (χ0) is 18.5. The first kappa shape index (κ1) is 16.4. The van der Waals surface area contributed by atoms with E-state index in [9.17, 15) is 0 Å². The lowest BCUT2D eigenvalue weighted by Gasteiger charge is -2.40. The number of para-hydroxylation sites is 1. The monoisotopic (exact) mass is 360 g/mol. The molecule has 1 fully saturated rings. The second-order valence-electron chi connectivity index (χ2n) is 7.54. The molecule has 0 saturated carbocycles. The summed E-state index contributed by atoms with van der Waals surface area (Å²) in [6.07, 6.45) is 0. The van der Waals surface area contributed by atoms with Crippen molar-refractivity contribution >= 4 is 5.84 Å². The highest BCUT2D eigenvalue weighted by Crippen LogP contribution is 2.51. The van der Waals surface area contributed by atoms with Crippen LogP contribution in [0.5, 0.6) is 11.5 Å². The first-order chi connectivity index (χ1) is 13.1. The van der Waals surface area contributed by atoms with Gasteiger partial charge < -0.3 is 19.9 Å². The molecule has 2 aromatic carbocycles. The summed E-state index contributed by atoms with van der Waals surface area (Å²) in [5.74, 6) is 8.72. The molecule has 136 valence electrons. The molecule has 0 aromatic heterocycles. The molecule has 2 aromatic rings.